The maximum atomic E-state index is 11.9. The number of halogens is 2. The fourth-order valence-electron chi connectivity index (χ4n) is 1.30. The number of rotatable bonds is 4. The summed E-state index contributed by atoms with van der Waals surface area (Å²) in [6, 6.07) is 4.34. The van der Waals surface area contributed by atoms with E-state index in [9.17, 15) is 9.59 Å². The van der Waals surface area contributed by atoms with Gasteiger partial charge in [-0.05, 0) is 48.0 Å². The van der Waals surface area contributed by atoms with E-state index in [-0.39, 0.29) is 5.91 Å². The highest BCUT2D eigenvalue weighted by Gasteiger charge is 2.22. The van der Waals surface area contributed by atoms with Gasteiger partial charge in [-0.2, -0.15) is 0 Å². The Morgan fingerprint density at radius 3 is 2.50 bits per heavy atom. The Bertz CT molecular complexity index is 478. The van der Waals surface area contributed by atoms with Crippen molar-refractivity contribution >= 4 is 39.4 Å². The zero-order valence-corrected chi connectivity index (χ0v) is 12.2. The second kappa shape index (κ2) is 6.20. The summed E-state index contributed by atoms with van der Waals surface area (Å²) in [4.78, 5) is 22.7. The van der Waals surface area contributed by atoms with E-state index in [1.54, 1.807) is 32.0 Å². The van der Waals surface area contributed by atoms with Crippen molar-refractivity contribution in [2.45, 2.75) is 19.9 Å². The molecule has 1 rings (SSSR count). The summed E-state index contributed by atoms with van der Waals surface area (Å²) < 4.78 is 0.572. The molecule has 2 unspecified atom stereocenters. The molecule has 0 saturated carbocycles. The lowest BCUT2D eigenvalue weighted by atomic mass is 10.0. The molecule has 2 N–H and O–H groups in total. The SMILES string of the molecule is CC(NC(=O)c1ccc(Cl)cc1Br)C(C)C(=O)O. The fraction of sp³-hybridized carbons (Fsp3) is 0.333. The summed E-state index contributed by atoms with van der Waals surface area (Å²) in [5.41, 5.74) is 0.420. The van der Waals surface area contributed by atoms with Crippen molar-refractivity contribution in [1.82, 2.24) is 5.32 Å². The van der Waals surface area contributed by atoms with Crippen molar-refractivity contribution in [2.75, 3.05) is 0 Å². The first-order valence-corrected chi connectivity index (χ1v) is 6.48. The monoisotopic (exact) mass is 333 g/mol. The minimum atomic E-state index is -0.946. The Balaban J connectivity index is 2.79. The molecule has 0 heterocycles. The molecule has 0 saturated heterocycles. The van der Waals surface area contributed by atoms with Crippen LogP contribution in [0, 0.1) is 5.92 Å². The predicted octanol–water partition coefficient (Wildman–Crippen LogP) is 2.94. The third-order valence-corrected chi connectivity index (χ3v) is 3.57. The first-order chi connectivity index (χ1) is 8.32. The van der Waals surface area contributed by atoms with Crippen molar-refractivity contribution in [3.05, 3.63) is 33.3 Å². The molecule has 18 heavy (non-hydrogen) atoms. The number of carbonyl (C=O) groups is 2. The summed E-state index contributed by atoms with van der Waals surface area (Å²) >= 11 is 9.02. The van der Waals surface area contributed by atoms with E-state index in [0.29, 0.717) is 15.1 Å². The Hall–Kier alpha value is -1.07. The number of amides is 1. The lowest BCUT2D eigenvalue weighted by Crippen LogP contribution is -2.40. The Labute approximate surface area is 118 Å². The Kier molecular flexibility index (Phi) is 5.16. The molecule has 0 aliphatic rings. The van der Waals surface area contributed by atoms with Crippen LogP contribution in [0.2, 0.25) is 5.02 Å². The average Bonchev–Trinajstić information content (AvgIpc) is 2.27. The maximum absolute atomic E-state index is 11.9. The van der Waals surface area contributed by atoms with Crippen molar-refractivity contribution in [1.29, 1.82) is 0 Å². The molecule has 0 radical (unpaired) electrons. The number of nitrogens with one attached hydrogen (secondary N) is 1. The number of carboxylic acids is 1. The summed E-state index contributed by atoms with van der Waals surface area (Å²) in [5, 5.41) is 12.0. The van der Waals surface area contributed by atoms with Gasteiger partial charge in [0.15, 0.2) is 0 Å². The highest BCUT2D eigenvalue weighted by atomic mass is 79.9. The minimum absolute atomic E-state index is 0.334. The highest BCUT2D eigenvalue weighted by molar-refractivity contribution is 9.10. The van der Waals surface area contributed by atoms with Gasteiger partial charge in [-0.25, -0.2) is 0 Å². The van der Waals surface area contributed by atoms with Gasteiger partial charge in [-0.3, -0.25) is 9.59 Å². The number of hydrogen-bond donors (Lipinski definition) is 2. The second-order valence-corrected chi connectivity index (χ2v) is 5.30. The molecule has 0 aliphatic heterocycles. The van der Waals surface area contributed by atoms with Crippen LogP contribution in [0.15, 0.2) is 22.7 Å². The molecule has 4 nitrogen and oxygen atoms in total. The summed E-state index contributed by atoms with van der Waals surface area (Å²) in [5.74, 6) is -1.93. The molecule has 0 aromatic heterocycles. The van der Waals surface area contributed by atoms with Crippen LogP contribution in [-0.4, -0.2) is 23.0 Å². The normalized spacial score (nSPS) is 13.8. The van der Waals surface area contributed by atoms with E-state index in [4.69, 9.17) is 16.7 Å². The number of carboxylic acid groups (broad SMARTS) is 1. The van der Waals surface area contributed by atoms with Crippen LogP contribution in [0.5, 0.6) is 0 Å². The van der Waals surface area contributed by atoms with Crippen LogP contribution >= 0.6 is 27.5 Å². The van der Waals surface area contributed by atoms with Gasteiger partial charge in [0.1, 0.15) is 0 Å². The Morgan fingerprint density at radius 2 is 2.00 bits per heavy atom. The van der Waals surface area contributed by atoms with Gasteiger partial charge < -0.3 is 10.4 Å². The van der Waals surface area contributed by atoms with Crippen molar-refractivity contribution in [3.8, 4) is 0 Å². The first kappa shape index (κ1) is 15.0. The lowest BCUT2D eigenvalue weighted by Gasteiger charge is -2.18. The molecule has 1 aromatic rings. The van der Waals surface area contributed by atoms with Crippen molar-refractivity contribution < 1.29 is 14.7 Å². The molecule has 6 heteroatoms. The molecular formula is C12H13BrClNO3. The fourth-order valence-corrected chi connectivity index (χ4v) is 2.16. The van der Waals surface area contributed by atoms with Gasteiger partial charge in [-0.15, -0.1) is 0 Å². The third-order valence-electron chi connectivity index (χ3n) is 2.67. The lowest BCUT2D eigenvalue weighted by molar-refractivity contribution is -0.141. The van der Waals surface area contributed by atoms with Gasteiger partial charge in [0, 0.05) is 15.5 Å². The largest absolute Gasteiger partial charge is 0.481 e. The van der Waals surface area contributed by atoms with Crippen molar-refractivity contribution in [2.24, 2.45) is 5.92 Å². The number of benzene rings is 1. The number of hydrogen-bond acceptors (Lipinski definition) is 2. The average molecular weight is 335 g/mol. The molecule has 0 bridgehead atoms. The molecule has 0 fully saturated rings. The summed E-state index contributed by atoms with van der Waals surface area (Å²) in [6.45, 7) is 3.20. The molecule has 98 valence electrons. The molecule has 0 spiro atoms. The minimum Gasteiger partial charge on any atom is -0.481 e. The van der Waals surface area contributed by atoms with Gasteiger partial charge in [0.05, 0.1) is 11.5 Å². The van der Waals surface area contributed by atoms with E-state index < -0.39 is 17.9 Å². The molecule has 2 atom stereocenters. The highest BCUT2D eigenvalue weighted by Crippen LogP contribution is 2.21. The second-order valence-electron chi connectivity index (χ2n) is 4.01. The van der Waals surface area contributed by atoms with Crippen LogP contribution in [0.3, 0.4) is 0 Å². The molecular weight excluding hydrogens is 321 g/mol. The number of aliphatic carboxylic acids is 1. The molecule has 1 aromatic carbocycles. The van der Waals surface area contributed by atoms with Gasteiger partial charge in [0.2, 0.25) is 0 Å². The zero-order chi connectivity index (χ0) is 13.9. The van der Waals surface area contributed by atoms with Crippen LogP contribution in [0.1, 0.15) is 24.2 Å². The van der Waals surface area contributed by atoms with Gasteiger partial charge in [0.25, 0.3) is 5.91 Å². The molecule has 1 amide bonds. The smallest absolute Gasteiger partial charge is 0.308 e. The predicted molar refractivity (Wildman–Crippen MR) is 72.9 cm³/mol. The van der Waals surface area contributed by atoms with Crippen LogP contribution in [0.4, 0.5) is 0 Å². The van der Waals surface area contributed by atoms with E-state index in [1.165, 1.54) is 0 Å². The van der Waals surface area contributed by atoms with Gasteiger partial charge in [-0.1, -0.05) is 11.6 Å². The van der Waals surface area contributed by atoms with E-state index in [1.807, 2.05) is 0 Å². The van der Waals surface area contributed by atoms with Gasteiger partial charge >= 0.3 is 5.97 Å². The topological polar surface area (TPSA) is 66.4 Å². The van der Waals surface area contributed by atoms with Crippen LogP contribution in [0.25, 0.3) is 0 Å². The summed E-state index contributed by atoms with van der Waals surface area (Å²) in [7, 11) is 0. The summed E-state index contributed by atoms with van der Waals surface area (Å²) in [6.07, 6.45) is 0. The van der Waals surface area contributed by atoms with Crippen LogP contribution in [-0.2, 0) is 4.79 Å². The Morgan fingerprint density at radius 1 is 1.39 bits per heavy atom. The third kappa shape index (κ3) is 3.71. The molecule has 0 aliphatic carbocycles. The zero-order valence-electron chi connectivity index (χ0n) is 9.91. The maximum Gasteiger partial charge on any atom is 0.308 e. The standard InChI is InChI=1S/C12H13BrClNO3/c1-6(12(17)18)7(2)15-11(16)9-4-3-8(14)5-10(9)13/h3-7H,1-2H3,(H,15,16)(H,17,18). The van der Waals surface area contributed by atoms with E-state index >= 15 is 0 Å². The number of carbonyl (C=O) groups excluding carboxylic acids is 1. The van der Waals surface area contributed by atoms with E-state index in [0.717, 1.165) is 0 Å². The first-order valence-electron chi connectivity index (χ1n) is 5.31. The van der Waals surface area contributed by atoms with Crippen LogP contribution < -0.4 is 5.32 Å². The quantitative estimate of drug-likeness (QED) is 0.889. The van der Waals surface area contributed by atoms with E-state index in [2.05, 4.69) is 21.2 Å². The van der Waals surface area contributed by atoms with Crippen molar-refractivity contribution in [3.63, 3.8) is 0 Å².